The van der Waals surface area contributed by atoms with Crippen molar-refractivity contribution in [1.82, 2.24) is 10.2 Å². The van der Waals surface area contributed by atoms with Gasteiger partial charge in [0.2, 0.25) is 11.8 Å². The van der Waals surface area contributed by atoms with E-state index in [1.807, 2.05) is 30.3 Å². The van der Waals surface area contributed by atoms with Crippen LogP contribution in [0, 0.1) is 0 Å². The number of likely N-dealkylation sites (N-methyl/N-ethyl adjacent to an activating group) is 1. The zero-order chi connectivity index (χ0) is 16.0. The molecule has 1 aromatic carbocycles. The van der Waals surface area contributed by atoms with Crippen LogP contribution in [0.1, 0.15) is 19.4 Å². The Kier molecular flexibility index (Phi) is 5.90. The molecular formula is C15H20N2O4. The monoisotopic (exact) mass is 292 g/mol. The summed E-state index contributed by atoms with van der Waals surface area (Å²) < 4.78 is 0. The number of aliphatic carboxylic acids is 1. The van der Waals surface area contributed by atoms with Crippen molar-refractivity contribution in [3.8, 4) is 0 Å². The van der Waals surface area contributed by atoms with E-state index in [-0.39, 0.29) is 12.3 Å². The number of nitrogens with zero attached hydrogens (tertiary/aromatic N) is 1. The van der Waals surface area contributed by atoms with Gasteiger partial charge in [-0.3, -0.25) is 9.59 Å². The molecule has 1 aromatic rings. The molecule has 0 saturated carbocycles. The average Bonchev–Trinajstić information content (AvgIpc) is 2.43. The lowest BCUT2D eigenvalue weighted by molar-refractivity contribution is -0.149. The molecule has 0 aliphatic carbocycles. The van der Waals surface area contributed by atoms with Crippen molar-refractivity contribution >= 4 is 17.8 Å². The molecule has 0 aromatic heterocycles. The maximum Gasteiger partial charge on any atom is 0.326 e. The molecule has 0 fully saturated rings. The van der Waals surface area contributed by atoms with Crippen molar-refractivity contribution in [2.45, 2.75) is 32.4 Å². The lowest BCUT2D eigenvalue weighted by Gasteiger charge is -2.27. The lowest BCUT2D eigenvalue weighted by Crippen LogP contribution is -2.51. The summed E-state index contributed by atoms with van der Waals surface area (Å²) in [6, 6.07) is 7.36. The summed E-state index contributed by atoms with van der Waals surface area (Å²) in [7, 11) is 1.43. The summed E-state index contributed by atoms with van der Waals surface area (Å²) in [6.07, 6.45) is 0.213. The van der Waals surface area contributed by atoms with Gasteiger partial charge in [0.25, 0.3) is 0 Å². The van der Waals surface area contributed by atoms with E-state index in [0.29, 0.717) is 0 Å². The van der Waals surface area contributed by atoms with Crippen LogP contribution in [0.4, 0.5) is 0 Å². The Hall–Kier alpha value is -2.37. The fourth-order valence-corrected chi connectivity index (χ4v) is 2.05. The largest absolute Gasteiger partial charge is 0.480 e. The first kappa shape index (κ1) is 16.7. The number of hydrogen-bond donors (Lipinski definition) is 2. The molecule has 0 heterocycles. The summed E-state index contributed by atoms with van der Waals surface area (Å²) in [5, 5.41) is 11.8. The second-order valence-electron chi connectivity index (χ2n) is 4.92. The predicted molar refractivity (Wildman–Crippen MR) is 77.6 cm³/mol. The number of carboxylic acid groups (broad SMARTS) is 1. The van der Waals surface area contributed by atoms with Gasteiger partial charge in [-0.15, -0.1) is 0 Å². The molecule has 0 aliphatic rings. The predicted octanol–water partition coefficient (Wildman–Crippen LogP) is 0.665. The molecule has 2 atom stereocenters. The fraction of sp³-hybridized carbons (Fsp3) is 0.400. The molecule has 2 amide bonds. The summed E-state index contributed by atoms with van der Waals surface area (Å²) in [5.41, 5.74) is 0.830. The molecule has 0 saturated heterocycles. The third kappa shape index (κ3) is 4.91. The highest BCUT2D eigenvalue weighted by Gasteiger charge is 2.29. The van der Waals surface area contributed by atoms with Crippen molar-refractivity contribution in [2.75, 3.05) is 7.05 Å². The van der Waals surface area contributed by atoms with Gasteiger partial charge >= 0.3 is 5.97 Å². The van der Waals surface area contributed by atoms with Crippen LogP contribution in [0.5, 0.6) is 0 Å². The number of rotatable bonds is 6. The van der Waals surface area contributed by atoms with E-state index in [4.69, 9.17) is 0 Å². The van der Waals surface area contributed by atoms with Gasteiger partial charge < -0.3 is 15.3 Å². The van der Waals surface area contributed by atoms with Crippen LogP contribution < -0.4 is 5.32 Å². The number of nitrogens with one attached hydrogen (secondary N) is 1. The Morgan fingerprint density at radius 1 is 1.24 bits per heavy atom. The average molecular weight is 292 g/mol. The van der Waals surface area contributed by atoms with Crippen LogP contribution >= 0.6 is 0 Å². The standard InChI is InChI=1S/C15H20N2O4/c1-10(16-11(2)18)14(19)17(3)13(15(20)21)9-12-7-5-4-6-8-12/h4-8,10,13H,9H2,1-3H3,(H,16,18)(H,20,21). The number of carbonyl (C=O) groups excluding carboxylic acids is 2. The Balaban J connectivity index is 2.82. The summed E-state index contributed by atoms with van der Waals surface area (Å²) in [5.74, 6) is -1.85. The molecule has 2 N–H and O–H groups in total. The Morgan fingerprint density at radius 3 is 2.29 bits per heavy atom. The van der Waals surface area contributed by atoms with Gasteiger partial charge in [0.15, 0.2) is 0 Å². The molecule has 1 rings (SSSR count). The highest BCUT2D eigenvalue weighted by Crippen LogP contribution is 2.09. The topological polar surface area (TPSA) is 86.7 Å². The first-order valence-electron chi connectivity index (χ1n) is 6.63. The second kappa shape index (κ2) is 7.42. The van der Waals surface area contributed by atoms with Crippen LogP contribution in [0.15, 0.2) is 30.3 Å². The van der Waals surface area contributed by atoms with Crippen LogP contribution in [0.2, 0.25) is 0 Å². The Bertz CT molecular complexity index is 516. The van der Waals surface area contributed by atoms with E-state index in [0.717, 1.165) is 10.5 Å². The van der Waals surface area contributed by atoms with Crippen LogP contribution in [-0.4, -0.2) is 46.9 Å². The van der Waals surface area contributed by atoms with Gasteiger partial charge in [-0.05, 0) is 12.5 Å². The van der Waals surface area contributed by atoms with Gasteiger partial charge in [-0.1, -0.05) is 30.3 Å². The molecule has 0 spiro atoms. The molecule has 21 heavy (non-hydrogen) atoms. The van der Waals surface area contributed by atoms with Gasteiger partial charge in [-0.25, -0.2) is 4.79 Å². The van der Waals surface area contributed by atoms with Gasteiger partial charge in [0, 0.05) is 20.4 Å². The molecule has 0 radical (unpaired) electrons. The van der Waals surface area contributed by atoms with Gasteiger partial charge in [0.1, 0.15) is 12.1 Å². The van der Waals surface area contributed by atoms with E-state index in [2.05, 4.69) is 5.32 Å². The van der Waals surface area contributed by atoms with E-state index in [9.17, 15) is 19.5 Å². The fourth-order valence-electron chi connectivity index (χ4n) is 2.05. The van der Waals surface area contributed by atoms with Crippen molar-refractivity contribution in [1.29, 1.82) is 0 Å². The van der Waals surface area contributed by atoms with Crippen LogP contribution in [0.25, 0.3) is 0 Å². The number of hydrogen-bond acceptors (Lipinski definition) is 3. The first-order chi connectivity index (χ1) is 9.82. The minimum absolute atomic E-state index is 0.213. The normalized spacial score (nSPS) is 13.1. The van der Waals surface area contributed by atoms with E-state index in [1.165, 1.54) is 20.9 Å². The van der Waals surface area contributed by atoms with E-state index in [1.54, 1.807) is 0 Å². The van der Waals surface area contributed by atoms with Crippen molar-refractivity contribution in [3.63, 3.8) is 0 Å². The van der Waals surface area contributed by atoms with Crippen molar-refractivity contribution in [3.05, 3.63) is 35.9 Å². The minimum atomic E-state index is -1.08. The lowest BCUT2D eigenvalue weighted by atomic mass is 10.0. The third-order valence-electron chi connectivity index (χ3n) is 3.16. The molecule has 2 unspecified atom stereocenters. The molecular weight excluding hydrogens is 272 g/mol. The molecule has 6 nitrogen and oxygen atoms in total. The third-order valence-corrected chi connectivity index (χ3v) is 3.16. The van der Waals surface area contributed by atoms with Crippen LogP contribution in [-0.2, 0) is 20.8 Å². The zero-order valence-corrected chi connectivity index (χ0v) is 12.4. The summed E-state index contributed by atoms with van der Waals surface area (Å²) in [4.78, 5) is 35.7. The number of amides is 2. The van der Waals surface area contributed by atoms with E-state index < -0.39 is 24.0 Å². The minimum Gasteiger partial charge on any atom is -0.480 e. The van der Waals surface area contributed by atoms with Crippen LogP contribution in [0.3, 0.4) is 0 Å². The maximum atomic E-state index is 12.2. The smallest absolute Gasteiger partial charge is 0.326 e. The Morgan fingerprint density at radius 2 is 1.81 bits per heavy atom. The first-order valence-corrected chi connectivity index (χ1v) is 6.63. The quantitative estimate of drug-likeness (QED) is 0.806. The number of benzene rings is 1. The molecule has 0 bridgehead atoms. The number of carboxylic acids is 1. The zero-order valence-electron chi connectivity index (χ0n) is 12.4. The SMILES string of the molecule is CC(=O)NC(C)C(=O)N(C)C(Cc1ccccc1)C(=O)O. The molecule has 6 heteroatoms. The van der Waals surface area contributed by atoms with Crippen molar-refractivity contribution in [2.24, 2.45) is 0 Å². The Labute approximate surface area is 123 Å². The van der Waals surface area contributed by atoms with Crippen molar-refractivity contribution < 1.29 is 19.5 Å². The number of carbonyl (C=O) groups is 3. The second-order valence-corrected chi connectivity index (χ2v) is 4.92. The summed E-state index contributed by atoms with van der Waals surface area (Å²) >= 11 is 0. The summed E-state index contributed by atoms with van der Waals surface area (Å²) in [6.45, 7) is 2.84. The van der Waals surface area contributed by atoms with Gasteiger partial charge in [-0.2, -0.15) is 0 Å². The highest BCUT2D eigenvalue weighted by molar-refractivity contribution is 5.89. The maximum absolute atomic E-state index is 12.2. The highest BCUT2D eigenvalue weighted by atomic mass is 16.4. The van der Waals surface area contributed by atoms with Gasteiger partial charge in [0.05, 0.1) is 0 Å². The molecule has 0 aliphatic heterocycles. The molecule has 114 valence electrons. The van der Waals surface area contributed by atoms with E-state index >= 15 is 0 Å².